The Bertz CT molecular complexity index is 621. The van der Waals surface area contributed by atoms with Crippen molar-refractivity contribution in [2.45, 2.75) is 31.7 Å². The van der Waals surface area contributed by atoms with Gasteiger partial charge in [-0.2, -0.15) is 0 Å². The zero-order chi connectivity index (χ0) is 15.3. The molecule has 0 saturated carbocycles. The van der Waals surface area contributed by atoms with E-state index in [0.29, 0.717) is 25.9 Å². The number of aliphatic carboxylic acids is 1. The second kappa shape index (κ2) is 6.59. The fraction of sp³-hybridized carbons (Fsp3) is 0.353. The highest BCUT2D eigenvalue weighted by Gasteiger charge is 2.30. The molecule has 1 unspecified atom stereocenters. The molecule has 112 valence electrons. The highest BCUT2D eigenvalue weighted by atomic mass is 16.5. The standard InChI is InChI=1S/C17H21NO3/c1-2-17(18,16(19)20)11-6-12-21-15-10-5-8-13-7-3-4-9-14(13)15/h3-5,7-10H,2,6,11-12,18H2,1H3,(H,19,20). The van der Waals surface area contributed by atoms with Gasteiger partial charge in [-0.15, -0.1) is 0 Å². The molecule has 0 bridgehead atoms. The largest absolute Gasteiger partial charge is 0.493 e. The summed E-state index contributed by atoms with van der Waals surface area (Å²) in [5.74, 6) is -0.127. The Kier molecular flexibility index (Phi) is 4.81. The minimum atomic E-state index is -1.15. The predicted octanol–water partition coefficient (Wildman–Crippen LogP) is 3.19. The molecule has 0 amide bonds. The van der Waals surface area contributed by atoms with Crippen molar-refractivity contribution in [1.29, 1.82) is 0 Å². The molecule has 0 aromatic heterocycles. The molecule has 21 heavy (non-hydrogen) atoms. The van der Waals surface area contributed by atoms with E-state index < -0.39 is 11.5 Å². The van der Waals surface area contributed by atoms with Crippen LogP contribution < -0.4 is 10.5 Å². The second-order valence-corrected chi connectivity index (χ2v) is 5.24. The summed E-state index contributed by atoms with van der Waals surface area (Å²) < 4.78 is 5.79. The number of carbonyl (C=O) groups is 1. The highest BCUT2D eigenvalue weighted by molar-refractivity contribution is 5.88. The molecule has 4 heteroatoms. The minimum Gasteiger partial charge on any atom is -0.493 e. The lowest BCUT2D eigenvalue weighted by Gasteiger charge is -2.22. The van der Waals surface area contributed by atoms with Crippen molar-refractivity contribution in [3.63, 3.8) is 0 Å². The van der Waals surface area contributed by atoms with Gasteiger partial charge in [-0.1, -0.05) is 43.3 Å². The van der Waals surface area contributed by atoms with Gasteiger partial charge in [-0.05, 0) is 30.7 Å². The summed E-state index contributed by atoms with van der Waals surface area (Å²) in [5.41, 5.74) is 4.70. The Morgan fingerprint density at radius 3 is 2.67 bits per heavy atom. The van der Waals surface area contributed by atoms with Crippen molar-refractivity contribution in [1.82, 2.24) is 0 Å². The molecule has 0 aliphatic heterocycles. The topological polar surface area (TPSA) is 72.5 Å². The SMILES string of the molecule is CCC(N)(CCCOc1cccc2ccccc12)C(=O)O. The first kappa shape index (κ1) is 15.3. The van der Waals surface area contributed by atoms with Gasteiger partial charge >= 0.3 is 5.97 Å². The molecule has 1 atom stereocenters. The summed E-state index contributed by atoms with van der Waals surface area (Å²) in [4.78, 5) is 11.1. The number of carboxylic acid groups (broad SMARTS) is 1. The number of carboxylic acids is 1. The third-order valence-corrected chi connectivity index (χ3v) is 3.83. The summed E-state index contributed by atoms with van der Waals surface area (Å²) in [6.45, 7) is 2.25. The molecule has 0 fully saturated rings. The maximum atomic E-state index is 11.1. The first-order valence-electron chi connectivity index (χ1n) is 7.19. The summed E-state index contributed by atoms with van der Waals surface area (Å²) in [6, 6.07) is 13.9. The average Bonchev–Trinajstić information content (AvgIpc) is 2.51. The molecule has 0 aliphatic rings. The van der Waals surface area contributed by atoms with Crippen LogP contribution in [0, 0.1) is 0 Å². The van der Waals surface area contributed by atoms with E-state index in [0.717, 1.165) is 16.5 Å². The molecule has 0 spiro atoms. The van der Waals surface area contributed by atoms with E-state index in [2.05, 4.69) is 0 Å². The second-order valence-electron chi connectivity index (χ2n) is 5.24. The molecule has 0 heterocycles. The van der Waals surface area contributed by atoms with Crippen molar-refractivity contribution in [3.8, 4) is 5.75 Å². The molecule has 0 saturated heterocycles. The molecular weight excluding hydrogens is 266 g/mol. The van der Waals surface area contributed by atoms with Gasteiger partial charge in [0.1, 0.15) is 11.3 Å². The van der Waals surface area contributed by atoms with Gasteiger partial charge in [0, 0.05) is 5.39 Å². The van der Waals surface area contributed by atoms with Gasteiger partial charge in [-0.25, -0.2) is 0 Å². The van der Waals surface area contributed by atoms with E-state index in [1.54, 1.807) is 6.92 Å². The smallest absolute Gasteiger partial charge is 0.323 e. The van der Waals surface area contributed by atoms with E-state index in [1.165, 1.54) is 0 Å². The number of hydrogen-bond acceptors (Lipinski definition) is 3. The Labute approximate surface area is 124 Å². The van der Waals surface area contributed by atoms with Crippen LogP contribution in [0.2, 0.25) is 0 Å². The molecule has 4 nitrogen and oxygen atoms in total. The molecule has 2 aromatic carbocycles. The highest BCUT2D eigenvalue weighted by Crippen LogP contribution is 2.25. The Balaban J connectivity index is 1.96. The van der Waals surface area contributed by atoms with Crippen LogP contribution in [0.3, 0.4) is 0 Å². The summed E-state index contributed by atoms with van der Waals surface area (Å²) in [6.07, 6.45) is 1.43. The molecular formula is C17H21NO3. The fourth-order valence-corrected chi connectivity index (χ4v) is 2.33. The van der Waals surface area contributed by atoms with Crippen LogP contribution >= 0.6 is 0 Å². The first-order valence-corrected chi connectivity index (χ1v) is 7.19. The maximum absolute atomic E-state index is 11.1. The number of ether oxygens (including phenoxy) is 1. The van der Waals surface area contributed by atoms with Gasteiger partial charge in [0.2, 0.25) is 0 Å². The predicted molar refractivity (Wildman–Crippen MR) is 83.5 cm³/mol. The average molecular weight is 287 g/mol. The van der Waals surface area contributed by atoms with Crippen LogP contribution in [0.1, 0.15) is 26.2 Å². The zero-order valence-electron chi connectivity index (χ0n) is 12.2. The van der Waals surface area contributed by atoms with E-state index >= 15 is 0 Å². The maximum Gasteiger partial charge on any atom is 0.323 e. The Hall–Kier alpha value is -2.07. The molecule has 2 rings (SSSR count). The summed E-state index contributed by atoms with van der Waals surface area (Å²) in [7, 11) is 0. The summed E-state index contributed by atoms with van der Waals surface area (Å²) in [5, 5.41) is 11.3. The third-order valence-electron chi connectivity index (χ3n) is 3.83. The minimum absolute atomic E-state index is 0.406. The van der Waals surface area contributed by atoms with Gasteiger partial charge in [0.05, 0.1) is 6.61 Å². The number of fused-ring (bicyclic) bond motifs is 1. The molecule has 3 N–H and O–H groups in total. The molecule has 2 aromatic rings. The number of rotatable bonds is 7. The van der Waals surface area contributed by atoms with Crippen molar-refractivity contribution < 1.29 is 14.6 Å². The normalized spacial score (nSPS) is 13.8. The lowest BCUT2D eigenvalue weighted by atomic mass is 9.92. The third kappa shape index (κ3) is 3.52. The van der Waals surface area contributed by atoms with Gasteiger partial charge < -0.3 is 15.6 Å². The van der Waals surface area contributed by atoms with E-state index in [9.17, 15) is 4.79 Å². The van der Waals surface area contributed by atoms with Crippen molar-refractivity contribution >= 4 is 16.7 Å². The monoisotopic (exact) mass is 287 g/mol. The van der Waals surface area contributed by atoms with Crippen LogP contribution in [-0.4, -0.2) is 23.2 Å². The van der Waals surface area contributed by atoms with Crippen LogP contribution in [-0.2, 0) is 4.79 Å². The quantitative estimate of drug-likeness (QED) is 0.767. The van der Waals surface area contributed by atoms with Crippen LogP contribution in [0.15, 0.2) is 42.5 Å². The zero-order valence-corrected chi connectivity index (χ0v) is 12.2. The van der Waals surface area contributed by atoms with Crippen molar-refractivity contribution in [2.24, 2.45) is 5.73 Å². The van der Waals surface area contributed by atoms with Crippen LogP contribution in [0.5, 0.6) is 5.75 Å². The lowest BCUT2D eigenvalue weighted by Crippen LogP contribution is -2.47. The van der Waals surface area contributed by atoms with Gasteiger partial charge in [0.15, 0.2) is 0 Å². The van der Waals surface area contributed by atoms with Crippen molar-refractivity contribution in [3.05, 3.63) is 42.5 Å². The van der Waals surface area contributed by atoms with Crippen LogP contribution in [0.25, 0.3) is 10.8 Å². The molecule has 0 aliphatic carbocycles. The van der Waals surface area contributed by atoms with Gasteiger partial charge in [-0.3, -0.25) is 4.79 Å². The van der Waals surface area contributed by atoms with Gasteiger partial charge in [0.25, 0.3) is 0 Å². The van der Waals surface area contributed by atoms with E-state index in [4.69, 9.17) is 15.6 Å². The van der Waals surface area contributed by atoms with Crippen molar-refractivity contribution in [2.75, 3.05) is 6.61 Å². The Morgan fingerprint density at radius 1 is 1.24 bits per heavy atom. The Morgan fingerprint density at radius 2 is 1.95 bits per heavy atom. The number of nitrogens with two attached hydrogens (primary N) is 1. The van der Waals surface area contributed by atoms with Crippen LogP contribution in [0.4, 0.5) is 0 Å². The number of benzene rings is 2. The first-order chi connectivity index (χ1) is 10.1. The summed E-state index contributed by atoms with van der Waals surface area (Å²) >= 11 is 0. The number of hydrogen-bond donors (Lipinski definition) is 2. The lowest BCUT2D eigenvalue weighted by molar-refractivity contribution is -0.143. The van der Waals surface area contributed by atoms with E-state index in [-0.39, 0.29) is 0 Å². The van der Waals surface area contributed by atoms with E-state index in [1.807, 2.05) is 42.5 Å². The molecule has 0 radical (unpaired) electrons. The fourth-order valence-electron chi connectivity index (χ4n) is 2.33.